The molecule has 0 aliphatic heterocycles. The van der Waals surface area contributed by atoms with Crippen molar-refractivity contribution in [3.8, 4) is 17.3 Å². The summed E-state index contributed by atoms with van der Waals surface area (Å²) in [5, 5.41) is 16.7. The van der Waals surface area contributed by atoms with E-state index in [2.05, 4.69) is 15.4 Å². The van der Waals surface area contributed by atoms with Crippen molar-refractivity contribution in [3.63, 3.8) is 0 Å². The average molecular weight is 415 g/mol. The maximum absolute atomic E-state index is 12.5. The van der Waals surface area contributed by atoms with Gasteiger partial charge in [-0.25, -0.2) is 9.37 Å². The number of rotatable bonds is 7. The topological polar surface area (TPSA) is 88.5 Å². The Morgan fingerprint density at radius 1 is 1.41 bits per heavy atom. The highest BCUT2D eigenvalue weighted by Gasteiger charge is 2.15. The highest BCUT2D eigenvalue weighted by molar-refractivity contribution is 6.32. The van der Waals surface area contributed by atoms with E-state index in [4.69, 9.17) is 16.9 Å². The molecule has 1 aromatic carbocycles. The Balaban J connectivity index is 1.63. The molecule has 9 heteroatoms. The van der Waals surface area contributed by atoms with Gasteiger partial charge < -0.3 is 9.88 Å². The Labute approximate surface area is 172 Å². The minimum Gasteiger partial charge on any atom is -0.346 e. The van der Waals surface area contributed by atoms with Crippen molar-refractivity contribution >= 4 is 17.5 Å². The van der Waals surface area contributed by atoms with Crippen LogP contribution in [0.15, 0.2) is 36.7 Å². The summed E-state index contributed by atoms with van der Waals surface area (Å²) in [4.78, 5) is 16.6. The molecule has 2 heterocycles. The zero-order valence-electron chi connectivity index (χ0n) is 16.1. The molecular weight excluding hydrogens is 395 g/mol. The summed E-state index contributed by atoms with van der Waals surface area (Å²) in [7, 11) is 0. The van der Waals surface area contributed by atoms with Crippen LogP contribution in [0.2, 0.25) is 5.02 Å². The van der Waals surface area contributed by atoms with E-state index in [0.29, 0.717) is 23.0 Å². The van der Waals surface area contributed by atoms with E-state index in [1.54, 1.807) is 40.6 Å². The third-order valence-corrected chi connectivity index (χ3v) is 4.71. The summed E-state index contributed by atoms with van der Waals surface area (Å²) >= 11 is 6.09. The van der Waals surface area contributed by atoms with E-state index in [-0.39, 0.29) is 24.2 Å². The molecule has 0 saturated heterocycles. The van der Waals surface area contributed by atoms with E-state index < -0.39 is 6.67 Å². The van der Waals surface area contributed by atoms with Crippen LogP contribution in [0, 0.1) is 18.3 Å². The number of benzene rings is 1. The summed E-state index contributed by atoms with van der Waals surface area (Å²) in [5.74, 6) is 0.280. The standard InChI is InChI=1S/C20H20ClFN6O/c1-13(24-20(29)19-12-27(8-6-22)14(2)25-19)11-28-7-5-18(26-28)15-3-4-16(10-23)17(21)9-15/h3-5,7,9,12-13H,6,8,11H2,1-2H3,(H,24,29)/t13-/m0/s1. The van der Waals surface area contributed by atoms with E-state index in [1.165, 1.54) is 0 Å². The number of amides is 1. The second-order valence-corrected chi connectivity index (χ2v) is 7.07. The zero-order valence-corrected chi connectivity index (χ0v) is 16.8. The van der Waals surface area contributed by atoms with E-state index in [1.807, 2.05) is 25.3 Å². The van der Waals surface area contributed by atoms with Gasteiger partial charge in [0.15, 0.2) is 0 Å². The van der Waals surface area contributed by atoms with E-state index in [9.17, 15) is 9.18 Å². The van der Waals surface area contributed by atoms with Crippen molar-refractivity contribution in [1.82, 2.24) is 24.6 Å². The molecule has 1 amide bonds. The molecule has 0 radical (unpaired) electrons. The number of imidazole rings is 1. The van der Waals surface area contributed by atoms with Gasteiger partial charge >= 0.3 is 0 Å². The molecule has 1 atom stereocenters. The van der Waals surface area contributed by atoms with Gasteiger partial charge in [0, 0.05) is 24.0 Å². The average Bonchev–Trinajstić information content (AvgIpc) is 3.29. The molecule has 29 heavy (non-hydrogen) atoms. The lowest BCUT2D eigenvalue weighted by Crippen LogP contribution is -2.36. The van der Waals surface area contributed by atoms with Gasteiger partial charge in [0.25, 0.3) is 5.91 Å². The maximum atomic E-state index is 12.5. The first-order valence-corrected chi connectivity index (χ1v) is 9.43. The van der Waals surface area contributed by atoms with Crippen molar-refractivity contribution in [1.29, 1.82) is 5.26 Å². The fourth-order valence-corrected chi connectivity index (χ4v) is 3.16. The Morgan fingerprint density at radius 3 is 2.90 bits per heavy atom. The van der Waals surface area contributed by atoms with Crippen molar-refractivity contribution in [2.24, 2.45) is 0 Å². The van der Waals surface area contributed by atoms with E-state index in [0.717, 1.165) is 11.3 Å². The smallest absolute Gasteiger partial charge is 0.271 e. The van der Waals surface area contributed by atoms with Crippen LogP contribution in [0.4, 0.5) is 4.39 Å². The highest BCUT2D eigenvalue weighted by Crippen LogP contribution is 2.24. The van der Waals surface area contributed by atoms with Crippen molar-refractivity contribution in [2.45, 2.75) is 33.0 Å². The number of alkyl halides is 1. The van der Waals surface area contributed by atoms with Crippen LogP contribution in [0.5, 0.6) is 0 Å². The minimum absolute atomic E-state index is 0.178. The molecule has 2 aromatic heterocycles. The molecule has 0 aliphatic carbocycles. The molecule has 7 nitrogen and oxygen atoms in total. The molecule has 3 rings (SSSR count). The molecule has 3 aromatic rings. The number of aryl methyl sites for hydroxylation is 2. The molecule has 0 spiro atoms. The molecule has 0 unspecified atom stereocenters. The van der Waals surface area contributed by atoms with Gasteiger partial charge in [0.05, 0.1) is 29.4 Å². The molecule has 0 aliphatic rings. The van der Waals surface area contributed by atoms with Crippen molar-refractivity contribution in [2.75, 3.05) is 6.67 Å². The number of nitrogens with zero attached hydrogens (tertiary/aromatic N) is 5. The normalized spacial score (nSPS) is 11.8. The summed E-state index contributed by atoms with van der Waals surface area (Å²) in [5.41, 5.74) is 2.19. The number of carbonyl (C=O) groups excluding carboxylic acids is 1. The van der Waals surface area contributed by atoms with Crippen molar-refractivity contribution in [3.05, 3.63) is 58.8 Å². The van der Waals surface area contributed by atoms with Crippen LogP contribution in [0.3, 0.4) is 0 Å². The van der Waals surface area contributed by atoms with Gasteiger partial charge in [-0.2, -0.15) is 10.4 Å². The monoisotopic (exact) mass is 414 g/mol. The van der Waals surface area contributed by atoms with Crippen LogP contribution in [-0.4, -0.2) is 38.0 Å². The number of hydrogen-bond donors (Lipinski definition) is 1. The van der Waals surface area contributed by atoms with Crippen LogP contribution in [0.1, 0.15) is 28.8 Å². The predicted molar refractivity (Wildman–Crippen MR) is 107 cm³/mol. The van der Waals surface area contributed by atoms with Gasteiger partial charge in [0.1, 0.15) is 24.3 Å². The summed E-state index contributed by atoms with van der Waals surface area (Å²) in [6.07, 6.45) is 3.36. The lowest BCUT2D eigenvalue weighted by atomic mass is 10.1. The number of carbonyl (C=O) groups is 1. The van der Waals surface area contributed by atoms with Crippen LogP contribution in [-0.2, 0) is 13.1 Å². The summed E-state index contributed by atoms with van der Waals surface area (Å²) < 4.78 is 15.9. The van der Waals surface area contributed by atoms with Crippen LogP contribution in [0.25, 0.3) is 11.3 Å². The minimum atomic E-state index is -0.513. The van der Waals surface area contributed by atoms with Gasteiger partial charge in [-0.05, 0) is 32.0 Å². The Kier molecular flexibility index (Phi) is 6.29. The lowest BCUT2D eigenvalue weighted by Gasteiger charge is -2.13. The predicted octanol–water partition coefficient (Wildman–Crippen LogP) is 3.37. The highest BCUT2D eigenvalue weighted by atomic mass is 35.5. The number of hydrogen-bond acceptors (Lipinski definition) is 4. The second-order valence-electron chi connectivity index (χ2n) is 6.66. The van der Waals surface area contributed by atoms with Gasteiger partial charge in [0.2, 0.25) is 0 Å². The molecular formula is C20H20ClFN6O. The molecule has 0 saturated carbocycles. The second kappa shape index (κ2) is 8.88. The first-order chi connectivity index (χ1) is 13.9. The Bertz CT molecular complexity index is 1070. The van der Waals surface area contributed by atoms with E-state index >= 15 is 0 Å². The fourth-order valence-electron chi connectivity index (χ4n) is 2.94. The molecule has 150 valence electrons. The van der Waals surface area contributed by atoms with Crippen molar-refractivity contribution < 1.29 is 9.18 Å². The molecule has 1 N–H and O–H groups in total. The lowest BCUT2D eigenvalue weighted by molar-refractivity contribution is 0.0931. The Morgan fingerprint density at radius 2 is 2.21 bits per heavy atom. The number of halogens is 2. The third-order valence-electron chi connectivity index (χ3n) is 4.40. The molecule has 0 bridgehead atoms. The van der Waals surface area contributed by atoms with Gasteiger partial charge in [-0.1, -0.05) is 17.7 Å². The Hall–Kier alpha value is -3.18. The number of nitrogens with one attached hydrogen (secondary N) is 1. The first kappa shape index (κ1) is 20.6. The zero-order chi connectivity index (χ0) is 21.0. The first-order valence-electron chi connectivity index (χ1n) is 9.05. The number of aromatic nitrogens is 4. The van der Waals surface area contributed by atoms with Crippen LogP contribution < -0.4 is 5.32 Å². The maximum Gasteiger partial charge on any atom is 0.271 e. The third kappa shape index (κ3) is 4.81. The van der Waals surface area contributed by atoms with Gasteiger partial charge in [-0.15, -0.1) is 0 Å². The largest absolute Gasteiger partial charge is 0.346 e. The SMILES string of the molecule is Cc1nc(C(=O)N[C@@H](C)Cn2ccc(-c3ccc(C#N)c(Cl)c3)n2)cn1CCF. The number of nitriles is 1. The summed E-state index contributed by atoms with van der Waals surface area (Å²) in [6.45, 7) is 3.72. The summed E-state index contributed by atoms with van der Waals surface area (Å²) in [6, 6.07) is 8.81. The van der Waals surface area contributed by atoms with Crippen LogP contribution >= 0.6 is 11.6 Å². The van der Waals surface area contributed by atoms with Gasteiger partial charge in [-0.3, -0.25) is 9.48 Å². The quantitative estimate of drug-likeness (QED) is 0.642. The fraction of sp³-hybridized carbons (Fsp3) is 0.300. The molecule has 0 fully saturated rings.